The van der Waals surface area contributed by atoms with Gasteiger partial charge in [-0.2, -0.15) is 0 Å². The molecule has 4 nitrogen and oxygen atoms in total. The lowest BCUT2D eigenvalue weighted by Crippen LogP contribution is -2.36. The number of rotatable bonds is 7. The Balaban J connectivity index is 0.00000288. The zero-order valence-corrected chi connectivity index (χ0v) is 17.6. The van der Waals surface area contributed by atoms with E-state index >= 15 is 0 Å². The average Bonchev–Trinajstić information content (AvgIpc) is 3.06. The van der Waals surface area contributed by atoms with E-state index in [2.05, 4.69) is 41.6 Å². The molecule has 2 aromatic rings. The maximum atomic E-state index is 5.17. The second-order valence-corrected chi connectivity index (χ2v) is 6.37. The van der Waals surface area contributed by atoms with Crippen LogP contribution < -0.4 is 15.4 Å². The quantitative estimate of drug-likeness (QED) is 0.371. The molecule has 1 heterocycles. The monoisotopic (exact) mass is 459 g/mol. The number of ether oxygens (including phenoxy) is 1. The van der Waals surface area contributed by atoms with Crippen LogP contribution in [0.25, 0.3) is 0 Å². The van der Waals surface area contributed by atoms with Crippen LogP contribution >= 0.6 is 35.3 Å². The summed E-state index contributed by atoms with van der Waals surface area (Å²) in [7, 11) is 1.68. The Morgan fingerprint density at radius 2 is 1.75 bits per heavy atom. The minimum atomic E-state index is 0. The summed E-state index contributed by atoms with van der Waals surface area (Å²) in [6, 6.07) is 12.4. The van der Waals surface area contributed by atoms with Crippen LogP contribution in [0.4, 0.5) is 0 Å². The summed E-state index contributed by atoms with van der Waals surface area (Å²) in [5.74, 6) is 1.71. The molecule has 2 N–H and O–H groups in total. The maximum absolute atomic E-state index is 5.17. The summed E-state index contributed by atoms with van der Waals surface area (Å²) in [6.45, 7) is 6.55. The number of nitrogens with zero attached hydrogens (tertiary/aromatic N) is 1. The first kappa shape index (κ1) is 20.8. The molecule has 0 unspecified atom stereocenters. The molecular weight excluding hydrogens is 433 g/mol. The Morgan fingerprint density at radius 1 is 1.04 bits per heavy atom. The van der Waals surface area contributed by atoms with E-state index in [1.165, 1.54) is 9.75 Å². The lowest BCUT2D eigenvalue weighted by Gasteiger charge is -2.10. The summed E-state index contributed by atoms with van der Waals surface area (Å²) in [5, 5.41) is 6.68. The molecule has 0 spiro atoms. The summed E-state index contributed by atoms with van der Waals surface area (Å²) >= 11 is 1.85. The molecule has 0 atom stereocenters. The SMILES string of the molecule is CCNC(=NCc1ccc(OC)cc1)NCc1ccc(CC)s1.I. The van der Waals surface area contributed by atoms with Crippen molar-refractivity contribution in [2.45, 2.75) is 33.4 Å². The number of hydrogen-bond donors (Lipinski definition) is 2. The number of halogens is 1. The third-order valence-electron chi connectivity index (χ3n) is 3.42. The van der Waals surface area contributed by atoms with Crippen LogP contribution in [0.5, 0.6) is 5.75 Å². The van der Waals surface area contributed by atoms with Gasteiger partial charge in [-0.1, -0.05) is 19.1 Å². The number of thiophene rings is 1. The van der Waals surface area contributed by atoms with Crippen molar-refractivity contribution >= 4 is 41.3 Å². The first-order valence-electron chi connectivity index (χ1n) is 7.97. The van der Waals surface area contributed by atoms with Crippen molar-refractivity contribution in [2.24, 2.45) is 4.99 Å². The van der Waals surface area contributed by atoms with Crippen molar-refractivity contribution in [1.82, 2.24) is 10.6 Å². The van der Waals surface area contributed by atoms with Gasteiger partial charge >= 0.3 is 0 Å². The Labute approximate surface area is 165 Å². The lowest BCUT2D eigenvalue weighted by atomic mass is 10.2. The highest BCUT2D eigenvalue weighted by molar-refractivity contribution is 14.0. The lowest BCUT2D eigenvalue weighted by molar-refractivity contribution is 0.414. The molecule has 0 aliphatic heterocycles. The average molecular weight is 459 g/mol. The number of aliphatic imine (C=N–C) groups is 1. The fourth-order valence-electron chi connectivity index (χ4n) is 2.12. The zero-order valence-electron chi connectivity index (χ0n) is 14.5. The van der Waals surface area contributed by atoms with Gasteiger partial charge < -0.3 is 15.4 Å². The topological polar surface area (TPSA) is 45.7 Å². The molecule has 6 heteroatoms. The summed E-state index contributed by atoms with van der Waals surface area (Å²) in [5.41, 5.74) is 1.16. The molecule has 0 fully saturated rings. The first-order valence-corrected chi connectivity index (χ1v) is 8.79. The number of hydrogen-bond acceptors (Lipinski definition) is 3. The number of nitrogens with one attached hydrogen (secondary N) is 2. The molecule has 0 bridgehead atoms. The Bertz CT molecular complexity index is 625. The van der Waals surface area contributed by atoms with Gasteiger partial charge in [0.1, 0.15) is 5.75 Å². The van der Waals surface area contributed by atoms with Crippen molar-refractivity contribution in [3.63, 3.8) is 0 Å². The predicted molar refractivity (Wildman–Crippen MR) is 114 cm³/mol. The van der Waals surface area contributed by atoms with Crippen molar-refractivity contribution in [3.8, 4) is 5.75 Å². The maximum Gasteiger partial charge on any atom is 0.191 e. The van der Waals surface area contributed by atoms with Crippen LogP contribution in [-0.2, 0) is 19.5 Å². The summed E-state index contributed by atoms with van der Waals surface area (Å²) in [4.78, 5) is 7.39. The largest absolute Gasteiger partial charge is 0.497 e. The van der Waals surface area contributed by atoms with E-state index in [1.807, 2.05) is 35.6 Å². The minimum Gasteiger partial charge on any atom is -0.497 e. The van der Waals surface area contributed by atoms with Gasteiger partial charge in [-0.3, -0.25) is 0 Å². The van der Waals surface area contributed by atoms with Crippen LogP contribution in [0, 0.1) is 0 Å². The molecule has 0 aliphatic carbocycles. The first-order chi connectivity index (χ1) is 11.2. The van der Waals surface area contributed by atoms with E-state index in [-0.39, 0.29) is 24.0 Å². The molecule has 1 aromatic heterocycles. The van der Waals surface area contributed by atoms with Gasteiger partial charge in [0.05, 0.1) is 20.2 Å². The molecule has 24 heavy (non-hydrogen) atoms. The van der Waals surface area contributed by atoms with Crippen molar-refractivity contribution in [1.29, 1.82) is 0 Å². The van der Waals surface area contributed by atoms with Crippen LogP contribution in [0.15, 0.2) is 41.4 Å². The molecule has 0 saturated carbocycles. The van der Waals surface area contributed by atoms with E-state index in [0.717, 1.165) is 36.8 Å². The van der Waals surface area contributed by atoms with Crippen molar-refractivity contribution in [2.75, 3.05) is 13.7 Å². The van der Waals surface area contributed by atoms with Gasteiger partial charge in [-0.25, -0.2) is 4.99 Å². The van der Waals surface area contributed by atoms with E-state index in [0.29, 0.717) is 6.54 Å². The summed E-state index contributed by atoms with van der Waals surface area (Å²) in [6.07, 6.45) is 1.09. The molecule has 132 valence electrons. The molecular formula is C18H26IN3OS. The smallest absolute Gasteiger partial charge is 0.191 e. The Kier molecular flexibility index (Phi) is 9.78. The molecule has 2 rings (SSSR count). The second-order valence-electron chi connectivity index (χ2n) is 5.12. The van der Waals surface area contributed by atoms with E-state index in [1.54, 1.807) is 7.11 Å². The van der Waals surface area contributed by atoms with Crippen LogP contribution in [0.2, 0.25) is 0 Å². The highest BCUT2D eigenvalue weighted by atomic mass is 127. The second kappa shape index (κ2) is 11.3. The Hall–Kier alpha value is -1.28. The molecule has 0 aliphatic rings. The van der Waals surface area contributed by atoms with Crippen LogP contribution in [0.3, 0.4) is 0 Å². The van der Waals surface area contributed by atoms with Crippen LogP contribution in [0.1, 0.15) is 29.2 Å². The van der Waals surface area contributed by atoms with Crippen LogP contribution in [-0.4, -0.2) is 19.6 Å². The fourth-order valence-corrected chi connectivity index (χ4v) is 3.02. The van der Waals surface area contributed by atoms with E-state index < -0.39 is 0 Å². The van der Waals surface area contributed by atoms with Crippen molar-refractivity contribution < 1.29 is 4.74 Å². The van der Waals surface area contributed by atoms with Gasteiger partial charge in [0, 0.05) is 16.3 Å². The predicted octanol–water partition coefficient (Wildman–Crippen LogP) is 4.19. The molecule has 0 saturated heterocycles. The van der Waals surface area contributed by atoms with Crippen molar-refractivity contribution in [3.05, 3.63) is 51.7 Å². The number of benzene rings is 1. The normalized spacial score (nSPS) is 10.9. The van der Waals surface area contributed by atoms with Gasteiger partial charge in [0.15, 0.2) is 5.96 Å². The third kappa shape index (κ3) is 6.68. The molecule has 0 radical (unpaired) electrons. The molecule has 1 aromatic carbocycles. The number of guanidine groups is 1. The van der Waals surface area contributed by atoms with Gasteiger partial charge in [-0.05, 0) is 43.2 Å². The van der Waals surface area contributed by atoms with E-state index in [4.69, 9.17) is 4.74 Å². The minimum absolute atomic E-state index is 0. The van der Waals surface area contributed by atoms with Gasteiger partial charge in [0.25, 0.3) is 0 Å². The van der Waals surface area contributed by atoms with E-state index in [9.17, 15) is 0 Å². The fraction of sp³-hybridized carbons (Fsp3) is 0.389. The van der Waals surface area contributed by atoms with Gasteiger partial charge in [-0.15, -0.1) is 35.3 Å². The zero-order chi connectivity index (χ0) is 16.5. The molecule has 0 amide bonds. The number of methoxy groups -OCH3 is 1. The highest BCUT2D eigenvalue weighted by Gasteiger charge is 2.01. The highest BCUT2D eigenvalue weighted by Crippen LogP contribution is 2.16. The summed E-state index contributed by atoms with van der Waals surface area (Å²) < 4.78 is 5.17. The standard InChI is InChI=1S/C18H25N3OS.HI/c1-4-16-10-11-17(23-16)13-21-18(19-5-2)20-12-14-6-8-15(22-3)9-7-14;/h6-11H,4-5,12-13H2,1-3H3,(H2,19,20,21);1H. The third-order valence-corrected chi connectivity index (χ3v) is 4.65. The van der Waals surface area contributed by atoms with Gasteiger partial charge in [0.2, 0.25) is 0 Å². The Morgan fingerprint density at radius 3 is 2.33 bits per heavy atom. The number of aryl methyl sites for hydroxylation is 1.